The lowest BCUT2D eigenvalue weighted by Gasteiger charge is -2.09. The maximum atomic E-state index is 13.2. The van der Waals surface area contributed by atoms with Crippen LogP contribution in [0.2, 0.25) is 0 Å². The zero-order chi connectivity index (χ0) is 16.5. The number of hydrogen-bond donors (Lipinski definition) is 2. The smallest absolute Gasteiger partial charge is 0.397 e. The Labute approximate surface area is 129 Å². The number of nitrogens with zero attached hydrogens (tertiary/aromatic N) is 1. The normalized spacial score (nSPS) is 11.9. The van der Waals surface area contributed by atoms with E-state index >= 15 is 0 Å². The fourth-order valence-electron chi connectivity index (χ4n) is 2.10. The number of carbonyl (C=O) groups excluding carboxylic acids is 1. The number of halogens is 3. The number of hydrogen-bond acceptors (Lipinski definition) is 4. The van der Waals surface area contributed by atoms with Crippen molar-refractivity contribution in [1.82, 2.24) is 10.3 Å². The first-order valence-corrected chi connectivity index (χ1v) is 7.62. The van der Waals surface area contributed by atoms with E-state index in [4.69, 9.17) is 5.73 Å². The van der Waals surface area contributed by atoms with E-state index in [-0.39, 0.29) is 26.5 Å². The highest BCUT2D eigenvalue weighted by atomic mass is 32.1. The Morgan fingerprint density at radius 3 is 2.73 bits per heavy atom. The van der Waals surface area contributed by atoms with E-state index in [1.54, 1.807) is 0 Å². The zero-order valence-electron chi connectivity index (χ0n) is 12.2. The number of carbonyl (C=O) groups is 1. The zero-order valence-corrected chi connectivity index (χ0v) is 13.0. The summed E-state index contributed by atoms with van der Waals surface area (Å²) in [5, 5.41) is 2.47. The van der Waals surface area contributed by atoms with Crippen LogP contribution in [-0.4, -0.2) is 17.4 Å². The lowest BCUT2D eigenvalue weighted by molar-refractivity contribution is -0.136. The number of aromatic nitrogens is 1. The monoisotopic (exact) mass is 331 g/mol. The summed E-state index contributed by atoms with van der Waals surface area (Å²) in [6.45, 7) is 3.91. The van der Waals surface area contributed by atoms with Crippen molar-refractivity contribution in [2.75, 3.05) is 12.3 Å². The van der Waals surface area contributed by atoms with Gasteiger partial charge < -0.3 is 11.1 Å². The Bertz CT molecular complexity index is 709. The van der Waals surface area contributed by atoms with Gasteiger partial charge >= 0.3 is 6.18 Å². The van der Waals surface area contributed by atoms with Crippen molar-refractivity contribution in [2.45, 2.75) is 32.9 Å². The van der Waals surface area contributed by atoms with Gasteiger partial charge in [0.2, 0.25) is 0 Å². The van der Waals surface area contributed by atoms with Crippen molar-refractivity contribution >= 4 is 33.1 Å². The predicted molar refractivity (Wildman–Crippen MR) is 81.0 cm³/mol. The Balaban J connectivity index is 2.52. The van der Waals surface area contributed by atoms with E-state index in [1.807, 2.05) is 6.92 Å². The average molecular weight is 331 g/mol. The van der Waals surface area contributed by atoms with Gasteiger partial charge in [-0.3, -0.25) is 4.79 Å². The second-order valence-electron chi connectivity index (χ2n) is 4.94. The molecule has 8 heteroatoms. The van der Waals surface area contributed by atoms with Crippen LogP contribution < -0.4 is 11.1 Å². The number of unbranched alkanes of at least 4 members (excludes halogenated alkanes) is 1. The van der Waals surface area contributed by atoms with Crippen LogP contribution >= 0.6 is 11.3 Å². The van der Waals surface area contributed by atoms with Crippen molar-refractivity contribution in [3.63, 3.8) is 0 Å². The third-order valence-corrected chi connectivity index (χ3v) is 4.25. The molecule has 4 nitrogen and oxygen atoms in total. The fraction of sp³-hybridized carbons (Fsp3) is 0.429. The molecule has 0 aliphatic rings. The molecule has 2 rings (SSSR count). The van der Waals surface area contributed by atoms with Gasteiger partial charge in [0.15, 0.2) is 0 Å². The summed E-state index contributed by atoms with van der Waals surface area (Å²) in [5.41, 5.74) is 5.03. The number of amides is 1. The van der Waals surface area contributed by atoms with E-state index < -0.39 is 17.6 Å². The van der Waals surface area contributed by atoms with Crippen LogP contribution in [0.5, 0.6) is 0 Å². The summed E-state index contributed by atoms with van der Waals surface area (Å²) in [4.78, 5) is 16.3. The third kappa shape index (κ3) is 3.16. The Hall–Kier alpha value is -1.83. The number of pyridine rings is 1. The molecule has 0 spiro atoms. The number of alkyl halides is 3. The van der Waals surface area contributed by atoms with Gasteiger partial charge in [0, 0.05) is 17.6 Å². The van der Waals surface area contributed by atoms with Gasteiger partial charge in [0.25, 0.3) is 5.91 Å². The summed E-state index contributed by atoms with van der Waals surface area (Å²) in [5.74, 6) is -0.459. The number of nitrogen functional groups attached to an aromatic ring is 1. The van der Waals surface area contributed by atoms with Crippen molar-refractivity contribution in [1.29, 1.82) is 0 Å². The lowest BCUT2D eigenvalue weighted by atomic mass is 10.1. The molecule has 0 aliphatic carbocycles. The van der Waals surface area contributed by atoms with Crippen molar-refractivity contribution < 1.29 is 18.0 Å². The van der Waals surface area contributed by atoms with Crippen LogP contribution in [-0.2, 0) is 6.18 Å². The lowest BCUT2D eigenvalue weighted by Crippen LogP contribution is -2.24. The average Bonchev–Trinajstić information content (AvgIpc) is 2.74. The van der Waals surface area contributed by atoms with Crippen molar-refractivity contribution in [2.24, 2.45) is 0 Å². The van der Waals surface area contributed by atoms with Crippen LogP contribution in [0.15, 0.2) is 6.07 Å². The van der Waals surface area contributed by atoms with Gasteiger partial charge in [-0.25, -0.2) is 4.98 Å². The molecule has 0 aromatic carbocycles. The number of nitrogens with two attached hydrogens (primary N) is 1. The first kappa shape index (κ1) is 16.5. The second-order valence-corrected chi connectivity index (χ2v) is 5.94. The molecule has 1 amide bonds. The van der Waals surface area contributed by atoms with Gasteiger partial charge in [0.05, 0.1) is 11.3 Å². The summed E-state index contributed by atoms with van der Waals surface area (Å²) < 4.78 is 39.5. The van der Waals surface area contributed by atoms with Gasteiger partial charge in [-0.1, -0.05) is 13.3 Å². The van der Waals surface area contributed by atoms with Crippen LogP contribution in [0.1, 0.15) is 40.7 Å². The molecule has 0 atom stereocenters. The number of nitrogens with one attached hydrogen (secondary N) is 1. The second kappa shape index (κ2) is 6.12. The molecule has 0 saturated heterocycles. The predicted octanol–water partition coefficient (Wildman–Crippen LogP) is 3.74. The van der Waals surface area contributed by atoms with E-state index in [1.165, 1.54) is 6.92 Å². The van der Waals surface area contributed by atoms with E-state index in [0.29, 0.717) is 6.54 Å². The van der Waals surface area contributed by atoms with E-state index in [9.17, 15) is 18.0 Å². The van der Waals surface area contributed by atoms with Crippen LogP contribution in [0.3, 0.4) is 0 Å². The summed E-state index contributed by atoms with van der Waals surface area (Å²) in [7, 11) is 0. The highest BCUT2D eigenvalue weighted by Crippen LogP contribution is 2.42. The summed E-state index contributed by atoms with van der Waals surface area (Å²) >= 11 is 0.886. The molecular formula is C14H16F3N3OS. The molecule has 2 aromatic heterocycles. The number of thiophene rings is 1. The largest absolute Gasteiger partial charge is 0.417 e. The molecule has 3 N–H and O–H groups in total. The standard InChI is InChI=1S/C14H16F3N3OS/c1-3-4-5-19-12(21)11-10(18)9-8(14(15,16)17)6-7(2)20-13(9)22-11/h6H,3-5,18H2,1-2H3,(H,19,21). The molecular weight excluding hydrogens is 315 g/mol. The van der Waals surface area contributed by atoms with Gasteiger partial charge in [-0.15, -0.1) is 11.3 Å². The van der Waals surface area contributed by atoms with Crippen LogP contribution in [0.4, 0.5) is 18.9 Å². The minimum absolute atomic E-state index is 0.0784. The van der Waals surface area contributed by atoms with Gasteiger partial charge in [-0.2, -0.15) is 13.2 Å². The Morgan fingerprint density at radius 1 is 1.45 bits per heavy atom. The SMILES string of the molecule is CCCCNC(=O)c1sc2nc(C)cc(C(F)(F)F)c2c1N. The molecule has 120 valence electrons. The fourth-order valence-corrected chi connectivity index (χ4v) is 3.18. The molecule has 0 fully saturated rings. The molecule has 2 heterocycles. The maximum Gasteiger partial charge on any atom is 0.417 e. The van der Waals surface area contributed by atoms with Gasteiger partial charge in [-0.05, 0) is 19.4 Å². The topological polar surface area (TPSA) is 68.0 Å². The number of aryl methyl sites for hydroxylation is 1. The van der Waals surface area contributed by atoms with Crippen molar-refractivity contribution in [3.05, 3.63) is 22.2 Å². The molecule has 2 aromatic rings. The Kier molecular flexibility index (Phi) is 4.60. The number of anilines is 1. The maximum absolute atomic E-state index is 13.2. The minimum Gasteiger partial charge on any atom is -0.397 e. The number of fused-ring (bicyclic) bond motifs is 1. The number of rotatable bonds is 4. The van der Waals surface area contributed by atoms with Crippen LogP contribution in [0.25, 0.3) is 10.2 Å². The Morgan fingerprint density at radius 2 is 2.14 bits per heavy atom. The molecule has 0 aliphatic heterocycles. The first-order valence-electron chi connectivity index (χ1n) is 6.80. The van der Waals surface area contributed by atoms with Gasteiger partial charge in [0.1, 0.15) is 9.71 Å². The molecule has 0 bridgehead atoms. The van der Waals surface area contributed by atoms with E-state index in [0.717, 1.165) is 30.2 Å². The molecule has 22 heavy (non-hydrogen) atoms. The van der Waals surface area contributed by atoms with E-state index in [2.05, 4.69) is 10.3 Å². The summed E-state index contributed by atoms with van der Waals surface area (Å²) in [6.07, 6.45) is -2.85. The third-order valence-electron chi connectivity index (χ3n) is 3.15. The molecule has 0 radical (unpaired) electrons. The summed E-state index contributed by atoms with van der Waals surface area (Å²) in [6, 6.07) is 0.949. The quantitative estimate of drug-likeness (QED) is 0.839. The van der Waals surface area contributed by atoms with Crippen LogP contribution in [0, 0.1) is 6.92 Å². The minimum atomic E-state index is -4.54. The molecule has 0 saturated carbocycles. The van der Waals surface area contributed by atoms with Crippen molar-refractivity contribution in [3.8, 4) is 0 Å². The highest BCUT2D eigenvalue weighted by Gasteiger charge is 2.35. The molecule has 0 unspecified atom stereocenters. The first-order chi connectivity index (χ1) is 10.3. The highest BCUT2D eigenvalue weighted by molar-refractivity contribution is 7.21.